The fourth-order valence-electron chi connectivity index (χ4n) is 2.11. The van der Waals surface area contributed by atoms with E-state index in [0.717, 1.165) is 5.56 Å². The van der Waals surface area contributed by atoms with Crippen molar-refractivity contribution in [3.05, 3.63) is 28.8 Å². The second kappa shape index (κ2) is 5.62. The van der Waals surface area contributed by atoms with Crippen LogP contribution in [-0.2, 0) is 16.0 Å². The predicted molar refractivity (Wildman–Crippen MR) is 76.0 cm³/mol. The third-order valence-electron chi connectivity index (χ3n) is 3.00. The Hall–Kier alpha value is -1.26. The minimum atomic E-state index is -1.28. The first kappa shape index (κ1) is 15.1. The zero-order chi connectivity index (χ0) is 14.9. The molecule has 5 heteroatoms. The van der Waals surface area contributed by atoms with Gasteiger partial charge >= 0.3 is 5.97 Å². The highest BCUT2D eigenvalue weighted by Gasteiger charge is 2.34. The summed E-state index contributed by atoms with van der Waals surface area (Å²) >= 11 is 5.92. The fourth-order valence-corrected chi connectivity index (χ4v) is 2.31. The van der Waals surface area contributed by atoms with Crippen molar-refractivity contribution < 1.29 is 19.4 Å². The van der Waals surface area contributed by atoms with Crippen molar-refractivity contribution >= 4 is 17.6 Å². The van der Waals surface area contributed by atoms with Gasteiger partial charge in [-0.3, -0.25) is 0 Å². The van der Waals surface area contributed by atoms with Gasteiger partial charge in [0.1, 0.15) is 17.5 Å². The Kier molecular flexibility index (Phi) is 4.25. The molecule has 1 aromatic rings. The molecule has 110 valence electrons. The number of carbonyl (C=O) groups is 1. The van der Waals surface area contributed by atoms with E-state index in [9.17, 15) is 9.90 Å². The van der Waals surface area contributed by atoms with Crippen LogP contribution in [0.25, 0.3) is 0 Å². The van der Waals surface area contributed by atoms with Crippen molar-refractivity contribution in [3.63, 3.8) is 0 Å². The topological polar surface area (TPSA) is 55.8 Å². The molecule has 0 aromatic heterocycles. The minimum Gasteiger partial charge on any atom is -0.487 e. The van der Waals surface area contributed by atoms with E-state index in [1.54, 1.807) is 32.9 Å². The van der Waals surface area contributed by atoms with E-state index in [1.807, 2.05) is 6.07 Å². The molecule has 0 bridgehead atoms. The predicted octanol–water partition coefficient (Wildman–Crippen LogP) is 2.74. The standard InChI is InChI=1S/C15H19ClO4/c1-15(2,3)20-14(18)13(17)12-6-4-9-8-10(16)5-7-11(9)19-12/h5,7-8,12-13,17H,4,6H2,1-3H3. The average Bonchev–Trinajstić information content (AvgIpc) is 2.35. The molecule has 0 saturated carbocycles. The number of esters is 1. The number of hydrogen-bond donors (Lipinski definition) is 1. The van der Waals surface area contributed by atoms with Crippen LogP contribution in [0.5, 0.6) is 5.75 Å². The van der Waals surface area contributed by atoms with Crippen molar-refractivity contribution in [2.24, 2.45) is 0 Å². The minimum absolute atomic E-state index is 0.549. The van der Waals surface area contributed by atoms with Gasteiger partial charge in [0.2, 0.25) is 0 Å². The summed E-state index contributed by atoms with van der Waals surface area (Å²) in [5.74, 6) is 0.00757. The molecule has 1 N–H and O–H groups in total. The van der Waals surface area contributed by atoms with E-state index in [-0.39, 0.29) is 0 Å². The zero-order valence-corrected chi connectivity index (χ0v) is 12.6. The van der Waals surface area contributed by atoms with Gasteiger partial charge in [-0.2, -0.15) is 0 Å². The molecule has 2 atom stereocenters. The number of fused-ring (bicyclic) bond motifs is 1. The molecule has 0 aliphatic carbocycles. The number of aryl methyl sites for hydroxylation is 1. The number of halogens is 1. The number of aliphatic hydroxyl groups is 1. The second-order valence-corrected chi connectivity index (χ2v) is 6.36. The van der Waals surface area contributed by atoms with Crippen LogP contribution >= 0.6 is 11.6 Å². The number of hydrogen-bond acceptors (Lipinski definition) is 4. The molecule has 2 unspecified atom stereocenters. The lowest BCUT2D eigenvalue weighted by Crippen LogP contribution is -2.43. The Morgan fingerprint density at radius 1 is 1.50 bits per heavy atom. The van der Waals surface area contributed by atoms with Crippen LogP contribution in [0.2, 0.25) is 5.02 Å². The molecule has 0 saturated heterocycles. The number of rotatable bonds is 2. The zero-order valence-electron chi connectivity index (χ0n) is 11.9. The highest BCUT2D eigenvalue weighted by atomic mass is 35.5. The lowest BCUT2D eigenvalue weighted by Gasteiger charge is -2.30. The average molecular weight is 299 g/mol. The molecule has 0 amide bonds. The lowest BCUT2D eigenvalue weighted by atomic mass is 9.99. The van der Waals surface area contributed by atoms with E-state index in [1.165, 1.54) is 0 Å². The fraction of sp³-hybridized carbons (Fsp3) is 0.533. The van der Waals surface area contributed by atoms with E-state index >= 15 is 0 Å². The van der Waals surface area contributed by atoms with Crippen LogP contribution in [0.3, 0.4) is 0 Å². The molecule has 0 radical (unpaired) electrons. The van der Waals surface area contributed by atoms with E-state index in [2.05, 4.69) is 0 Å². The first-order valence-corrected chi connectivity index (χ1v) is 7.00. The summed E-state index contributed by atoms with van der Waals surface area (Å²) in [4.78, 5) is 11.9. The number of aliphatic hydroxyl groups excluding tert-OH is 1. The van der Waals surface area contributed by atoms with Gasteiger partial charge in [-0.1, -0.05) is 11.6 Å². The molecule has 1 aromatic carbocycles. The Bertz CT molecular complexity index is 507. The highest BCUT2D eigenvalue weighted by Crippen LogP contribution is 2.31. The van der Waals surface area contributed by atoms with Crippen LogP contribution in [-0.4, -0.2) is 28.9 Å². The van der Waals surface area contributed by atoms with Crippen molar-refractivity contribution in [2.45, 2.75) is 51.4 Å². The maximum absolute atomic E-state index is 11.9. The van der Waals surface area contributed by atoms with Crippen molar-refractivity contribution in [1.29, 1.82) is 0 Å². The van der Waals surface area contributed by atoms with Gasteiger partial charge in [0.25, 0.3) is 0 Å². The Morgan fingerprint density at radius 3 is 2.85 bits per heavy atom. The summed E-state index contributed by atoms with van der Waals surface area (Å²) in [6.45, 7) is 5.28. The largest absolute Gasteiger partial charge is 0.487 e. The van der Waals surface area contributed by atoms with E-state index in [4.69, 9.17) is 21.1 Å². The molecule has 1 aliphatic heterocycles. The monoisotopic (exact) mass is 298 g/mol. The maximum Gasteiger partial charge on any atom is 0.339 e. The van der Waals surface area contributed by atoms with Gasteiger partial charge < -0.3 is 14.6 Å². The summed E-state index contributed by atoms with van der Waals surface area (Å²) in [5.41, 5.74) is 0.364. The molecular formula is C15H19ClO4. The van der Waals surface area contributed by atoms with Gasteiger partial charge in [-0.15, -0.1) is 0 Å². The van der Waals surface area contributed by atoms with Crippen molar-refractivity contribution in [2.75, 3.05) is 0 Å². The van der Waals surface area contributed by atoms with Crippen molar-refractivity contribution in [1.82, 2.24) is 0 Å². The molecule has 4 nitrogen and oxygen atoms in total. The summed E-state index contributed by atoms with van der Waals surface area (Å²) in [5, 5.41) is 10.7. The lowest BCUT2D eigenvalue weighted by molar-refractivity contribution is -0.170. The third-order valence-corrected chi connectivity index (χ3v) is 3.23. The van der Waals surface area contributed by atoms with Crippen LogP contribution in [0.15, 0.2) is 18.2 Å². The van der Waals surface area contributed by atoms with E-state index < -0.39 is 23.8 Å². The molecule has 1 heterocycles. The Morgan fingerprint density at radius 2 is 2.20 bits per heavy atom. The quantitative estimate of drug-likeness (QED) is 0.853. The highest BCUT2D eigenvalue weighted by molar-refractivity contribution is 6.30. The molecular weight excluding hydrogens is 280 g/mol. The molecule has 0 spiro atoms. The molecule has 2 rings (SSSR count). The summed E-state index contributed by atoms with van der Waals surface area (Å²) in [6, 6.07) is 5.32. The van der Waals surface area contributed by atoms with Crippen LogP contribution in [0, 0.1) is 0 Å². The van der Waals surface area contributed by atoms with Crippen LogP contribution in [0.4, 0.5) is 0 Å². The van der Waals surface area contributed by atoms with Gasteiger partial charge in [-0.05, 0) is 57.4 Å². The molecule has 20 heavy (non-hydrogen) atoms. The first-order valence-electron chi connectivity index (χ1n) is 6.62. The SMILES string of the molecule is CC(C)(C)OC(=O)C(O)C1CCc2cc(Cl)ccc2O1. The third kappa shape index (κ3) is 3.64. The first-order chi connectivity index (χ1) is 9.26. The Balaban J connectivity index is 2.05. The summed E-state index contributed by atoms with van der Waals surface area (Å²) < 4.78 is 10.8. The second-order valence-electron chi connectivity index (χ2n) is 5.93. The van der Waals surface area contributed by atoms with Gasteiger partial charge in [-0.25, -0.2) is 4.79 Å². The summed E-state index contributed by atoms with van der Waals surface area (Å²) in [7, 11) is 0. The van der Waals surface area contributed by atoms with E-state index in [0.29, 0.717) is 23.6 Å². The van der Waals surface area contributed by atoms with Crippen LogP contribution in [0.1, 0.15) is 32.8 Å². The van der Waals surface area contributed by atoms with Gasteiger partial charge in [0.15, 0.2) is 6.10 Å². The molecule has 0 fully saturated rings. The van der Waals surface area contributed by atoms with Crippen LogP contribution < -0.4 is 4.74 Å². The maximum atomic E-state index is 11.9. The number of ether oxygens (including phenoxy) is 2. The number of carbonyl (C=O) groups excluding carboxylic acids is 1. The summed E-state index contributed by atoms with van der Waals surface area (Å²) in [6.07, 6.45) is -0.606. The van der Waals surface area contributed by atoms with Gasteiger partial charge in [0.05, 0.1) is 0 Å². The molecule has 1 aliphatic rings. The Labute approximate surface area is 123 Å². The normalized spacial score (nSPS) is 19.8. The van der Waals surface area contributed by atoms with Gasteiger partial charge in [0, 0.05) is 5.02 Å². The number of benzene rings is 1. The smallest absolute Gasteiger partial charge is 0.339 e. The van der Waals surface area contributed by atoms with Crippen molar-refractivity contribution in [3.8, 4) is 5.75 Å².